The monoisotopic (exact) mass is 319 g/mol. The van der Waals surface area contributed by atoms with Crippen LogP contribution in [0, 0.1) is 5.82 Å². The normalized spacial score (nSPS) is 15.2. The van der Waals surface area contributed by atoms with Crippen molar-refractivity contribution in [1.29, 1.82) is 0 Å². The largest absolute Gasteiger partial charge is 0.474 e. The van der Waals surface area contributed by atoms with Gasteiger partial charge in [-0.2, -0.15) is 0 Å². The van der Waals surface area contributed by atoms with E-state index in [0.29, 0.717) is 0 Å². The highest BCUT2D eigenvalue weighted by atomic mass is 35.5. The Hall–Kier alpha value is -2.07. The van der Waals surface area contributed by atoms with Gasteiger partial charge in [0.25, 0.3) is 5.91 Å². The van der Waals surface area contributed by atoms with Gasteiger partial charge in [-0.1, -0.05) is 41.9 Å². The van der Waals surface area contributed by atoms with E-state index >= 15 is 0 Å². The third kappa shape index (κ3) is 3.57. The smallest absolute Gasteiger partial charge is 0.266 e. The predicted molar refractivity (Wildman–Crippen MR) is 82.4 cm³/mol. The molecule has 2 aromatic carbocycles. The highest BCUT2D eigenvalue weighted by Gasteiger charge is 2.30. The van der Waals surface area contributed by atoms with Crippen LogP contribution in [0.4, 0.5) is 4.39 Å². The second-order valence-corrected chi connectivity index (χ2v) is 5.67. The minimum Gasteiger partial charge on any atom is -0.474 e. The lowest BCUT2D eigenvalue weighted by Gasteiger charge is -2.19. The van der Waals surface area contributed by atoms with E-state index in [2.05, 4.69) is 5.32 Å². The van der Waals surface area contributed by atoms with Crippen molar-refractivity contribution in [2.45, 2.75) is 25.0 Å². The molecular formula is C17H15ClFNO2. The summed E-state index contributed by atoms with van der Waals surface area (Å²) in [5, 5.41) is 3.06. The number of carbonyl (C=O) groups excluding carboxylic acids is 1. The number of amides is 1. The molecule has 0 radical (unpaired) electrons. The van der Waals surface area contributed by atoms with Gasteiger partial charge in [0.1, 0.15) is 11.6 Å². The quantitative estimate of drug-likeness (QED) is 0.908. The van der Waals surface area contributed by atoms with Crippen LogP contribution in [-0.4, -0.2) is 11.9 Å². The van der Waals surface area contributed by atoms with Gasteiger partial charge in [-0.3, -0.25) is 4.79 Å². The van der Waals surface area contributed by atoms with Gasteiger partial charge in [-0.15, -0.1) is 0 Å². The molecule has 0 heterocycles. The molecule has 1 aliphatic rings. The first-order valence-electron chi connectivity index (χ1n) is 7.10. The van der Waals surface area contributed by atoms with E-state index in [9.17, 15) is 9.18 Å². The summed E-state index contributed by atoms with van der Waals surface area (Å²) in [6.07, 6.45) is 1.17. The molecule has 1 aliphatic carbocycles. The standard InChI is InChI=1S/C17H15ClFNO2/c18-14-10-12(19)6-9-15(14)22-16(11-4-2-1-3-5-11)17(21)20-13-7-8-13/h1-6,9-10,13,16H,7-8H2,(H,20,21). The maximum atomic E-state index is 13.1. The Balaban J connectivity index is 1.85. The van der Waals surface area contributed by atoms with Gasteiger partial charge in [0, 0.05) is 11.6 Å². The average molecular weight is 320 g/mol. The summed E-state index contributed by atoms with van der Waals surface area (Å²) >= 11 is 5.99. The molecule has 1 atom stereocenters. The highest BCUT2D eigenvalue weighted by Crippen LogP contribution is 2.30. The van der Waals surface area contributed by atoms with Crippen LogP contribution in [0.15, 0.2) is 48.5 Å². The van der Waals surface area contributed by atoms with E-state index < -0.39 is 11.9 Å². The number of carbonyl (C=O) groups is 1. The van der Waals surface area contributed by atoms with Crippen LogP contribution in [0.3, 0.4) is 0 Å². The van der Waals surface area contributed by atoms with Crippen LogP contribution < -0.4 is 10.1 Å². The van der Waals surface area contributed by atoms with Crippen molar-refractivity contribution in [3.63, 3.8) is 0 Å². The van der Waals surface area contributed by atoms with Gasteiger partial charge >= 0.3 is 0 Å². The fraction of sp³-hybridized carbons (Fsp3) is 0.235. The second kappa shape index (κ2) is 6.36. The Labute approximate surface area is 133 Å². The third-order valence-corrected chi connectivity index (χ3v) is 3.70. The van der Waals surface area contributed by atoms with Crippen molar-refractivity contribution in [2.75, 3.05) is 0 Å². The molecule has 0 saturated heterocycles. The Morgan fingerprint density at radius 2 is 1.95 bits per heavy atom. The van der Waals surface area contributed by atoms with Crippen LogP contribution in [-0.2, 0) is 4.79 Å². The van der Waals surface area contributed by atoms with Gasteiger partial charge in [0.05, 0.1) is 5.02 Å². The molecule has 0 aliphatic heterocycles. The lowest BCUT2D eigenvalue weighted by molar-refractivity contribution is -0.128. The molecule has 0 aromatic heterocycles. The minimum atomic E-state index is -0.815. The van der Waals surface area contributed by atoms with Crippen LogP contribution >= 0.6 is 11.6 Å². The van der Waals surface area contributed by atoms with Crippen molar-refractivity contribution in [2.24, 2.45) is 0 Å². The lowest BCUT2D eigenvalue weighted by atomic mass is 10.1. The fourth-order valence-electron chi connectivity index (χ4n) is 2.10. The molecule has 3 rings (SSSR count). The predicted octanol–water partition coefficient (Wildman–Crippen LogP) is 3.88. The van der Waals surface area contributed by atoms with Gasteiger partial charge < -0.3 is 10.1 Å². The van der Waals surface area contributed by atoms with Crippen LogP contribution in [0.5, 0.6) is 5.75 Å². The van der Waals surface area contributed by atoms with Gasteiger partial charge in [0.2, 0.25) is 6.10 Å². The number of benzene rings is 2. The number of ether oxygens (including phenoxy) is 1. The molecule has 22 heavy (non-hydrogen) atoms. The first kappa shape index (κ1) is 14.9. The first-order chi connectivity index (χ1) is 10.6. The molecule has 1 amide bonds. The average Bonchev–Trinajstić information content (AvgIpc) is 3.31. The molecule has 1 N–H and O–H groups in total. The summed E-state index contributed by atoms with van der Waals surface area (Å²) in [6, 6.07) is 13.2. The SMILES string of the molecule is O=C(NC1CC1)C(Oc1ccc(F)cc1Cl)c1ccccc1. The molecule has 5 heteroatoms. The fourth-order valence-corrected chi connectivity index (χ4v) is 2.31. The van der Waals surface area contributed by atoms with Gasteiger partial charge in [-0.25, -0.2) is 4.39 Å². The number of halogens is 2. The van der Waals surface area contributed by atoms with Crippen molar-refractivity contribution >= 4 is 17.5 Å². The molecule has 114 valence electrons. The summed E-state index contributed by atoms with van der Waals surface area (Å²) in [7, 11) is 0. The van der Waals surface area contributed by atoms with E-state index in [-0.39, 0.29) is 22.7 Å². The Bertz CT molecular complexity index is 674. The topological polar surface area (TPSA) is 38.3 Å². The summed E-state index contributed by atoms with van der Waals surface area (Å²) in [5.74, 6) is -0.381. The molecule has 1 fully saturated rings. The molecule has 0 bridgehead atoms. The third-order valence-electron chi connectivity index (χ3n) is 3.40. The minimum absolute atomic E-state index is 0.139. The highest BCUT2D eigenvalue weighted by molar-refractivity contribution is 6.32. The Morgan fingerprint density at radius 1 is 1.23 bits per heavy atom. The lowest BCUT2D eigenvalue weighted by Crippen LogP contribution is -2.33. The summed E-state index contributed by atoms with van der Waals surface area (Å²) in [6.45, 7) is 0. The van der Waals surface area contributed by atoms with E-state index in [1.54, 1.807) is 0 Å². The number of nitrogens with one attached hydrogen (secondary N) is 1. The molecule has 2 aromatic rings. The Kier molecular flexibility index (Phi) is 4.29. The van der Waals surface area contributed by atoms with Crippen LogP contribution in [0.1, 0.15) is 24.5 Å². The Morgan fingerprint density at radius 3 is 2.59 bits per heavy atom. The summed E-state index contributed by atoms with van der Waals surface area (Å²) < 4.78 is 18.9. The summed E-state index contributed by atoms with van der Waals surface area (Å²) in [4.78, 5) is 12.4. The zero-order chi connectivity index (χ0) is 15.5. The molecule has 1 saturated carbocycles. The van der Waals surface area contributed by atoms with Crippen molar-refractivity contribution in [3.05, 3.63) is 64.9 Å². The van der Waals surface area contributed by atoms with Crippen LogP contribution in [0.2, 0.25) is 5.02 Å². The van der Waals surface area contributed by atoms with Gasteiger partial charge in [-0.05, 0) is 31.0 Å². The van der Waals surface area contributed by atoms with E-state index in [1.165, 1.54) is 12.1 Å². The molecule has 1 unspecified atom stereocenters. The first-order valence-corrected chi connectivity index (χ1v) is 7.48. The van der Waals surface area contributed by atoms with E-state index in [1.807, 2.05) is 30.3 Å². The zero-order valence-corrected chi connectivity index (χ0v) is 12.5. The maximum Gasteiger partial charge on any atom is 0.266 e. The number of hydrogen-bond donors (Lipinski definition) is 1. The van der Waals surface area contributed by atoms with Crippen LogP contribution in [0.25, 0.3) is 0 Å². The van der Waals surface area contributed by atoms with E-state index in [0.717, 1.165) is 24.5 Å². The second-order valence-electron chi connectivity index (χ2n) is 5.27. The molecule has 0 spiro atoms. The van der Waals surface area contributed by atoms with Crippen molar-refractivity contribution in [3.8, 4) is 5.75 Å². The molecule has 3 nitrogen and oxygen atoms in total. The number of hydrogen-bond acceptors (Lipinski definition) is 2. The van der Waals surface area contributed by atoms with Crippen molar-refractivity contribution < 1.29 is 13.9 Å². The maximum absolute atomic E-state index is 13.1. The van der Waals surface area contributed by atoms with Gasteiger partial charge in [0.15, 0.2) is 0 Å². The number of rotatable bonds is 5. The van der Waals surface area contributed by atoms with Crippen molar-refractivity contribution in [1.82, 2.24) is 5.32 Å². The van der Waals surface area contributed by atoms with E-state index in [4.69, 9.17) is 16.3 Å². The zero-order valence-electron chi connectivity index (χ0n) is 11.8. The molecular weight excluding hydrogens is 305 g/mol. The summed E-state index contributed by atoms with van der Waals surface area (Å²) in [5.41, 5.74) is 0.723.